The Labute approximate surface area is 98.3 Å². The van der Waals surface area contributed by atoms with Crippen molar-refractivity contribution in [3.8, 4) is 0 Å². The smallest absolute Gasteiger partial charge is 0.377 e. The third-order valence-corrected chi connectivity index (χ3v) is 5.29. The maximum atomic E-state index is 5.62. The Balaban J connectivity index is 2.18. The molecule has 1 rings (SSSR count). The molecule has 1 heterocycles. The number of ether oxygens (including phenoxy) is 2. The van der Waals surface area contributed by atoms with E-state index < -0.39 is 8.80 Å². The van der Waals surface area contributed by atoms with Gasteiger partial charge in [0.2, 0.25) is 0 Å². The van der Waals surface area contributed by atoms with Crippen molar-refractivity contribution in [2.24, 2.45) is 0 Å². The third-order valence-electron chi connectivity index (χ3n) is 2.53. The minimum Gasteiger partial charge on any atom is -0.377 e. The molecule has 1 aliphatic heterocycles. The van der Waals surface area contributed by atoms with Crippen LogP contribution in [-0.2, 0) is 22.8 Å². The molecule has 0 amide bonds. The summed E-state index contributed by atoms with van der Waals surface area (Å²) in [5, 5.41) is 0. The van der Waals surface area contributed by atoms with Crippen LogP contribution in [0.2, 0.25) is 6.04 Å². The fraction of sp³-hybridized carbons (Fsp3) is 1.00. The highest BCUT2D eigenvalue weighted by Crippen LogP contribution is 2.17. The SMILES string of the molecule is CCCC[Si](OC)(OC)OCOCC1CO1. The van der Waals surface area contributed by atoms with E-state index in [0.717, 1.165) is 25.5 Å². The molecule has 0 aromatic heterocycles. The topological polar surface area (TPSA) is 49.5 Å². The minimum atomic E-state index is -2.48. The molecule has 1 atom stereocenters. The van der Waals surface area contributed by atoms with Crippen molar-refractivity contribution < 1.29 is 22.8 Å². The van der Waals surface area contributed by atoms with Gasteiger partial charge in [0.05, 0.1) is 13.2 Å². The van der Waals surface area contributed by atoms with Crippen LogP contribution in [0.25, 0.3) is 0 Å². The average Bonchev–Trinajstić information content (AvgIpc) is 3.13. The molecule has 0 radical (unpaired) electrons. The van der Waals surface area contributed by atoms with Gasteiger partial charge in [0.25, 0.3) is 0 Å². The second kappa shape index (κ2) is 7.36. The summed E-state index contributed by atoms with van der Waals surface area (Å²) < 4.78 is 26.8. The van der Waals surface area contributed by atoms with Gasteiger partial charge in [0, 0.05) is 20.3 Å². The van der Waals surface area contributed by atoms with Crippen molar-refractivity contribution >= 4 is 8.80 Å². The summed E-state index contributed by atoms with van der Waals surface area (Å²) in [6.45, 7) is 3.74. The molecule has 1 fully saturated rings. The second-order valence-electron chi connectivity index (χ2n) is 3.78. The van der Waals surface area contributed by atoms with E-state index in [0.29, 0.717) is 6.61 Å². The summed E-state index contributed by atoms with van der Waals surface area (Å²) >= 11 is 0. The van der Waals surface area contributed by atoms with Crippen molar-refractivity contribution in [1.29, 1.82) is 0 Å². The zero-order valence-corrected chi connectivity index (χ0v) is 11.4. The van der Waals surface area contributed by atoms with E-state index >= 15 is 0 Å². The quantitative estimate of drug-likeness (QED) is 0.254. The summed E-state index contributed by atoms with van der Waals surface area (Å²) in [7, 11) is 0.787. The summed E-state index contributed by atoms with van der Waals surface area (Å²) in [5.41, 5.74) is 0. The van der Waals surface area contributed by atoms with E-state index in [1.165, 1.54) is 0 Å². The van der Waals surface area contributed by atoms with Gasteiger partial charge in [-0.2, -0.15) is 0 Å². The van der Waals surface area contributed by atoms with Crippen molar-refractivity contribution in [1.82, 2.24) is 0 Å². The van der Waals surface area contributed by atoms with Gasteiger partial charge < -0.3 is 22.8 Å². The van der Waals surface area contributed by atoms with Gasteiger partial charge in [0.1, 0.15) is 12.9 Å². The molecule has 5 nitrogen and oxygen atoms in total. The van der Waals surface area contributed by atoms with Gasteiger partial charge in [0.15, 0.2) is 0 Å². The third kappa shape index (κ3) is 4.90. The number of epoxide rings is 1. The lowest BCUT2D eigenvalue weighted by Gasteiger charge is -2.26. The number of rotatable bonds is 10. The van der Waals surface area contributed by atoms with Crippen LogP contribution in [0.5, 0.6) is 0 Å². The Morgan fingerprint density at radius 1 is 1.31 bits per heavy atom. The molecular formula is C10H22O5Si. The molecule has 0 aliphatic carbocycles. The molecule has 0 aromatic carbocycles. The molecule has 1 saturated heterocycles. The van der Waals surface area contributed by atoms with Gasteiger partial charge in [-0.15, -0.1) is 0 Å². The van der Waals surface area contributed by atoms with Crippen LogP contribution in [0.15, 0.2) is 0 Å². The fourth-order valence-corrected chi connectivity index (χ4v) is 3.35. The summed E-state index contributed by atoms with van der Waals surface area (Å²) in [6.07, 6.45) is 2.40. The van der Waals surface area contributed by atoms with Crippen LogP contribution in [0, 0.1) is 0 Å². The average molecular weight is 250 g/mol. The molecule has 1 unspecified atom stereocenters. The largest absolute Gasteiger partial charge is 0.502 e. The van der Waals surface area contributed by atoms with Crippen molar-refractivity contribution in [3.63, 3.8) is 0 Å². The molecule has 1 aliphatic rings. The molecule has 16 heavy (non-hydrogen) atoms. The first-order valence-electron chi connectivity index (χ1n) is 5.70. The van der Waals surface area contributed by atoms with Crippen LogP contribution in [0.3, 0.4) is 0 Å². The number of hydrogen-bond donors (Lipinski definition) is 0. The Morgan fingerprint density at radius 3 is 2.50 bits per heavy atom. The summed E-state index contributed by atoms with van der Waals surface area (Å²) in [5.74, 6) is 0. The highest BCUT2D eigenvalue weighted by molar-refractivity contribution is 6.60. The molecule has 0 saturated carbocycles. The Hall–Kier alpha value is 0.0169. The van der Waals surface area contributed by atoms with Gasteiger partial charge in [-0.1, -0.05) is 13.3 Å². The first kappa shape index (κ1) is 14.1. The molecular weight excluding hydrogens is 228 g/mol. The predicted molar refractivity (Wildman–Crippen MR) is 61.1 cm³/mol. The van der Waals surface area contributed by atoms with Crippen LogP contribution in [-0.4, -0.2) is 49.1 Å². The molecule has 96 valence electrons. The van der Waals surface area contributed by atoms with Gasteiger partial charge in [-0.05, 0) is 6.42 Å². The molecule has 0 bridgehead atoms. The van der Waals surface area contributed by atoms with E-state index in [1.807, 2.05) is 0 Å². The van der Waals surface area contributed by atoms with Gasteiger partial charge in [-0.3, -0.25) is 0 Å². The Kier molecular flexibility index (Phi) is 6.48. The maximum Gasteiger partial charge on any atom is 0.502 e. The lowest BCUT2D eigenvalue weighted by molar-refractivity contribution is -0.0370. The highest BCUT2D eigenvalue weighted by atomic mass is 28.4. The zero-order chi connectivity index (χ0) is 11.9. The number of unbranched alkanes of at least 4 members (excludes halogenated alkanes) is 1. The van der Waals surface area contributed by atoms with Crippen LogP contribution >= 0.6 is 0 Å². The predicted octanol–water partition coefficient (Wildman–Crippen LogP) is 1.41. The molecule has 0 spiro atoms. The Morgan fingerprint density at radius 2 is 2.00 bits per heavy atom. The van der Waals surface area contributed by atoms with Crippen LogP contribution < -0.4 is 0 Å². The minimum absolute atomic E-state index is 0.220. The van der Waals surface area contributed by atoms with E-state index in [1.54, 1.807) is 14.2 Å². The Bertz CT molecular complexity index is 182. The molecule has 6 heteroatoms. The standard InChI is InChI=1S/C10H22O5Si/c1-4-5-6-16(11-2,12-3)15-9-13-7-10-8-14-10/h10H,4-9H2,1-3H3. The lowest BCUT2D eigenvalue weighted by Crippen LogP contribution is -2.44. The van der Waals surface area contributed by atoms with E-state index in [2.05, 4.69) is 6.92 Å². The van der Waals surface area contributed by atoms with Crippen molar-refractivity contribution in [2.75, 3.05) is 34.2 Å². The maximum absolute atomic E-state index is 5.62. The first-order chi connectivity index (χ1) is 7.76. The van der Waals surface area contributed by atoms with E-state index in [4.69, 9.17) is 22.8 Å². The van der Waals surface area contributed by atoms with Crippen molar-refractivity contribution in [2.45, 2.75) is 31.9 Å². The van der Waals surface area contributed by atoms with Gasteiger partial charge >= 0.3 is 8.80 Å². The highest BCUT2D eigenvalue weighted by Gasteiger charge is 2.38. The normalized spacial score (nSPS) is 20.1. The van der Waals surface area contributed by atoms with E-state index in [-0.39, 0.29) is 12.9 Å². The van der Waals surface area contributed by atoms with Crippen molar-refractivity contribution in [3.05, 3.63) is 0 Å². The summed E-state index contributed by atoms with van der Waals surface area (Å²) in [6, 6.07) is 0.833. The van der Waals surface area contributed by atoms with Gasteiger partial charge in [-0.25, -0.2) is 0 Å². The zero-order valence-electron chi connectivity index (χ0n) is 10.4. The summed E-state index contributed by atoms with van der Waals surface area (Å²) in [4.78, 5) is 0. The lowest BCUT2D eigenvalue weighted by atomic mass is 10.4. The molecule has 0 aromatic rings. The fourth-order valence-electron chi connectivity index (χ4n) is 1.35. The monoisotopic (exact) mass is 250 g/mol. The second-order valence-corrected chi connectivity index (χ2v) is 6.75. The molecule has 0 N–H and O–H groups in total. The number of hydrogen-bond acceptors (Lipinski definition) is 5. The first-order valence-corrected chi connectivity index (χ1v) is 7.63. The van der Waals surface area contributed by atoms with E-state index in [9.17, 15) is 0 Å². The van der Waals surface area contributed by atoms with Crippen LogP contribution in [0.4, 0.5) is 0 Å². The van der Waals surface area contributed by atoms with Crippen LogP contribution in [0.1, 0.15) is 19.8 Å².